The zero-order chi connectivity index (χ0) is 17.1. The summed E-state index contributed by atoms with van der Waals surface area (Å²) in [4.78, 5) is 27.6. The summed E-state index contributed by atoms with van der Waals surface area (Å²) < 4.78 is 10.5. The number of hydrogen-bond acceptors (Lipinski definition) is 4. The van der Waals surface area contributed by atoms with E-state index in [-0.39, 0.29) is 24.0 Å². The van der Waals surface area contributed by atoms with Gasteiger partial charge in [0, 0.05) is 40.0 Å². The van der Waals surface area contributed by atoms with Gasteiger partial charge in [0.25, 0.3) is 0 Å². The van der Waals surface area contributed by atoms with Crippen molar-refractivity contribution in [1.29, 1.82) is 0 Å². The highest BCUT2D eigenvalue weighted by Gasteiger charge is 2.32. The van der Waals surface area contributed by atoms with E-state index in [1.165, 1.54) is 19.3 Å². The summed E-state index contributed by atoms with van der Waals surface area (Å²) in [6.07, 6.45) is 5.15. The fourth-order valence-corrected chi connectivity index (χ4v) is 3.86. The van der Waals surface area contributed by atoms with Crippen LogP contribution in [0.15, 0.2) is 0 Å². The Balaban J connectivity index is 1.48. The van der Waals surface area contributed by atoms with E-state index in [9.17, 15) is 9.59 Å². The first-order valence-electron chi connectivity index (χ1n) is 9.25. The summed E-state index contributed by atoms with van der Waals surface area (Å²) in [5, 5.41) is 0. The van der Waals surface area contributed by atoms with E-state index in [1.54, 1.807) is 13.8 Å². The highest BCUT2D eigenvalue weighted by atomic mass is 16.6. The smallest absolute Gasteiger partial charge is 0.219 e. The molecule has 0 aromatic heterocycles. The van der Waals surface area contributed by atoms with Crippen LogP contribution in [0, 0.1) is 11.8 Å². The van der Waals surface area contributed by atoms with Crippen LogP contribution in [-0.2, 0) is 19.1 Å². The summed E-state index contributed by atoms with van der Waals surface area (Å²) in [5.74, 6) is 1.36. The maximum absolute atomic E-state index is 11.9. The quantitative estimate of drug-likeness (QED) is 0.626. The van der Waals surface area contributed by atoms with Gasteiger partial charge in [-0.1, -0.05) is 6.42 Å². The molecular formula is C18H30N2O4. The third kappa shape index (κ3) is 5.45. The molecule has 3 aliphatic rings. The Morgan fingerprint density at radius 3 is 1.58 bits per heavy atom. The first kappa shape index (κ1) is 17.7. The lowest BCUT2D eigenvalue weighted by Crippen LogP contribution is -2.41. The number of carbonyl (C=O) groups is 2. The van der Waals surface area contributed by atoms with Crippen LogP contribution in [0.3, 0.4) is 0 Å². The van der Waals surface area contributed by atoms with Gasteiger partial charge in [-0.25, -0.2) is 0 Å². The summed E-state index contributed by atoms with van der Waals surface area (Å²) >= 11 is 0. The zero-order valence-electron chi connectivity index (χ0n) is 14.9. The fraction of sp³-hybridized carbons (Fsp3) is 0.889. The zero-order valence-corrected chi connectivity index (χ0v) is 14.9. The predicted molar refractivity (Wildman–Crippen MR) is 89.4 cm³/mol. The first-order valence-corrected chi connectivity index (χ1v) is 9.25. The van der Waals surface area contributed by atoms with Crippen LogP contribution in [0.4, 0.5) is 0 Å². The Labute approximate surface area is 144 Å². The number of hydrogen-bond donors (Lipinski definition) is 0. The van der Waals surface area contributed by atoms with Crippen LogP contribution in [0.2, 0.25) is 0 Å². The highest BCUT2D eigenvalue weighted by Crippen LogP contribution is 2.31. The van der Waals surface area contributed by atoms with Crippen LogP contribution in [0.5, 0.6) is 0 Å². The molecule has 136 valence electrons. The molecule has 0 spiro atoms. The number of epoxide rings is 2. The van der Waals surface area contributed by atoms with Crippen molar-refractivity contribution in [2.45, 2.75) is 51.7 Å². The van der Waals surface area contributed by atoms with Crippen molar-refractivity contribution in [2.75, 3.05) is 39.4 Å². The van der Waals surface area contributed by atoms with Crippen molar-refractivity contribution in [1.82, 2.24) is 9.80 Å². The van der Waals surface area contributed by atoms with Crippen molar-refractivity contribution in [3.63, 3.8) is 0 Å². The fourth-order valence-electron chi connectivity index (χ4n) is 3.86. The molecule has 0 N–H and O–H groups in total. The molecule has 6 heteroatoms. The molecule has 1 aliphatic carbocycles. The first-order chi connectivity index (χ1) is 11.5. The van der Waals surface area contributed by atoms with E-state index in [0.29, 0.717) is 11.8 Å². The molecule has 24 heavy (non-hydrogen) atoms. The third-order valence-electron chi connectivity index (χ3n) is 5.39. The summed E-state index contributed by atoms with van der Waals surface area (Å²) in [5.41, 5.74) is 0. The minimum Gasteiger partial charge on any atom is -0.371 e. The van der Waals surface area contributed by atoms with Crippen molar-refractivity contribution >= 4 is 11.8 Å². The van der Waals surface area contributed by atoms with Gasteiger partial charge >= 0.3 is 0 Å². The van der Waals surface area contributed by atoms with Crippen molar-refractivity contribution in [2.24, 2.45) is 11.8 Å². The molecule has 2 heterocycles. The number of ether oxygens (including phenoxy) is 2. The summed E-state index contributed by atoms with van der Waals surface area (Å²) in [6, 6.07) is 0. The normalized spacial score (nSPS) is 31.4. The van der Waals surface area contributed by atoms with Crippen LogP contribution in [0.1, 0.15) is 39.5 Å². The minimum atomic E-state index is 0.142. The number of carbonyl (C=O) groups excluding carboxylic acids is 2. The Hall–Kier alpha value is -1.14. The number of rotatable bonds is 8. The second kappa shape index (κ2) is 7.83. The Morgan fingerprint density at radius 2 is 1.25 bits per heavy atom. The molecule has 0 aromatic carbocycles. The molecule has 4 atom stereocenters. The monoisotopic (exact) mass is 338 g/mol. The molecule has 2 amide bonds. The van der Waals surface area contributed by atoms with E-state index >= 15 is 0 Å². The molecule has 0 bridgehead atoms. The largest absolute Gasteiger partial charge is 0.371 e. The van der Waals surface area contributed by atoms with E-state index in [1.807, 2.05) is 9.80 Å². The van der Waals surface area contributed by atoms with Crippen molar-refractivity contribution in [3.8, 4) is 0 Å². The van der Waals surface area contributed by atoms with E-state index in [4.69, 9.17) is 9.47 Å². The number of amides is 2. The lowest BCUT2D eigenvalue weighted by Gasteiger charge is -2.35. The van der Waals surface area contributed by atoms with Gasteiger partial charge in [-0.15, -0.1) is 0 Å². The second-order valence-corrected chi connectivity index (χ2v) is 7.66. The SMILES string of the molecule is CC(=O)N(CC1CCCC(CN(CC2CO2)C(C)=O)C1)CC1CO1. The van der Waals surface area contributed by atoms with Gasteiger partial charge in [0.05, 0.1) is 25.4 Å². The molecule has 3 fully saturated rings. The Bertz CT molecular complexity index is 422. The lowest BCUT2D eigenvalue weighted by molar-refractivity contribution is -0.130. The molecule has 2 aliphatic heterocycles. The predicted octanol–water partition coefficient (Wildman–Crippen LogP) is 1.29. The molecule has 6 nitrogen and oxygen atoms in total. The topological polar surface area (TPSA) is 65.7 Å². The minimum absolute atomic E-state index is 0.142. The molecule has 1 saturated carbocycles. The summed E-state index contributed by atoms with van der Waals surface area (Å²) in [7, 11) is 0. The number of nitrogens with zero attached hydrogens (tertiary/aromatic N) is 2. The molecular weight excluding hydrogens is 308 g/mol. The molecule has 4 unspecified atom stereocenters. The van der Waals surface area contributed by atoms with Crippen molar-refractivity contribution < 1.29 is 19.1 Å². The molecule has 2 saturated heterocycles. The molecule has 0 radical (unpaired) electrons. The van der Waals surface area contributed by atoms with Gasteiger partial charge in [-0.05, 0) is 31.1 Å². The molecule has 0 aromatic rings. The van der Waals surface area contributed by atoms with Gasteiger partial charge in [-0.3, -0.25) is 9.59 Å². The average molecular weight is 338 g/mol. The van der Waals surface area contributed by atoms with Crippen molar-refractivity contribution in [3.05, 3.63) is 0 Å². The Kier molecular flexibility index (Phi) is 5.76. The van der Waals surface area contributed by atoms with E-state index < -0.39 is 0 Å². The van der Waals surface area contributed by atoms with Gasteiger partial charge in [0.2, 0.25) is 11.8 Å². The lowest BCUT2D eigenvalue weighted by atomic mass is 9.80. The molecule has 3 rings (SSSR count). The maximum atomic E-state index is 11.9. The standard InChI is InChI=1S/C18H30N2O4/c1-13(21)19(9-17-11-23-17)7-15-4-3-5-16(6-15)8-20(14(2)22)10-18-12-24-18/h15-18H,3-12H2,1-2H3. The van der Waals surface area contributed by atoms with Gasteiger partial charge in [0.15, 0.2) is 0 Å². The third-order valence-corrected chi connectivity index (χ3v) is 5.39. The Morgan fingerprint density at radius 1 is 0.833 bits per heavy atom. The summed E-state index contributed by atoms with van der Waals surface area (Å²) in [6.45, 7) is 7.99. The van der Waals surface area contributed by atoms with Crippen LogP contribution in [0.25, 0.3) is 0 Å². The highest BCUT2D eigenvalue weighted by molar-refractivity contribution is 5.73. The average Bonchev–Trinajstić information content (AvgIpc) is 3.41. The van der Waals surface area contributed by atoms with Gasteiger partial charge in [0.1, 0.15) is 0 Å². The van der Waals surface area contributed by atoms with Crippen LogP contribution < -0.4 is 0 Å². The second-order valence-electron chi connectivity index (χ2n) is 7.66. The maximum Gasteiger partial charge on any atom is 0.219 e. The van der Waals surface area contributed by atoms with Gasteiger partial charge in [-0.2, -0.15) is 0 Å². The van der Waals surface area contributed by atoms with Gasteiger partial charge < -0.3 is 19.3 Å². The van der Waals surface area contributed by atoms with Crippen LogP contribution >= 0.6 is 0 Å². The van der Waals surface area contributed by atoms with E-state index in [0.717, 1.165) is 45.8 Å². The van der Waals surface area contributed by atoms with Crippen LogP contribution in [-0.4, -0.2) is 73.2 Å². The van der Waals surface area contributed by atoms with E-state index in [2.05, 4.69) is 0 Å².